The quantitative estimate of drug-likeness (QED) is 0.225. The minimum absolute atomic E-state index is 0.105. The van der Waals surface area contributed by atoms with Gasteiger partial charge in [-0.15, -0.1) is 0 Å². The molecule has 6 nitrogen and oxygen atoms in total. The molecule has 0 saturated carbocycles. The van der Waals surface area contributed by atoms with Gasteiger partial charge < -0.3 is 10.6 Å². The lowest BCUT2D eigenvalue weighted by Crippen LogP contribution is -2.39. The van der Waals surface area contributed by atoms with Crippen molar-refractivity contribution in [3.05, 3.63) is 39.9 Å². The Balaban J connectivity index is 2.56. The molecule has 1 aromatic rings. The van der Waals surface area contributed by atoms with Gasteiger partial charge in [-0.3, -0.25) is 10.1 Å². The summed E-state index contributed by atoms with van der Waals surface area (Å²) in [5.74, 6) is 1.82. The Morgan fingerprint density at radius 3 is 2.52 bits per heavy atom. The topological polar surface area (TPSA) is 79.6 Å². The lowest BCUT2D eigenvalue weighted by atomic mass is 10.2. The molecule has 0 bridgehead atoms. The predicted molar refractivity (Wildman–Crippen MR) is 98.1 cm³/mol. The fourth-order valence-electron chi connectivity index (χ4n) is 1.92. The molecular weight excluding hydrogens is 312 g/mol. The molecule has 0 amide bonds. The zero-order valence-corrected chi connectivity index (χ0v) is 14.7. The van der Waals surface area contributed by atoms with Crippen molar-refractivity contribution in [2.75, 3.05) is 25.1 Å². The Labute approximate surface area is 142 Å². The summed E-state index contributed by atoms with van der Waals surface area (Å²) in [5, 5.41) is 17.3. The van der Waals surface area contributed by atoms with E-state index >= 15 is 0 Å². The van der Waals surface area contributed by atoms with Crippen LogP contribution in [0.3, 0.4) is 0 Å². The van der Waals surface area contributed by atoms with Gasteiger partial charge >= 0.3 is 0 Å². The highest BCUT2D eigenvalue weighted by atomic mass is 32.2. The van der Waals surface area contributed by atoms with Crippen LogP contribution in [-0.4, -0.2) is 36.0 Å². The van der Waals surface area contributed by atoms with Crippen molar-refractivity contribution in [2.24, 2.45) is 4.99 Å². The largest absolute Gasteiger partial charge is 0.356 e. The summed E-state index contributed by atoms with van der Waals surface area (Å²) in [6.07, 6.45) is 5.59. The van der Waals surface area contributed by atoms with Crippen LogP contribution in [0.2, 0.25) is 0 Å². The zero-order valence-electron chi connectivity index (χ0n) is 13.9. The summed E-state index contributed by atoms with van der Waals surface area (Å²) in [6, 6.07) is 6.52. The molecule has 1 rings (SSSR count). The van der Waals surface area contributed by atoms with Gasteiger partial charge in [0.15, 0.2) is 5.96 Å². The molecule has 0 fully saturated rings. The monoisotopic (exact) mass is 338 g/mol. The number of rotatable bonds is 10. The maximum atomic E-state index is 10.7. The van der Waals surface area contributed by atoms with Crippen molar-refractivity contribution < 1.29 is 4.92 Å². The second-order valence-electron chi connectivity index (χ2n) is 5.14. The third-order valence-corrected chi connectivity index (χ3v) is 3.85. The summed E-state index contributed by atoms with van der Waals surface area (Å²) in [6.45, 7) is 4.45. The van der Waals surface area contributed by atoms with Gasteiger partial charge in [-0.1, -0.05) is 31.9 Å². The van der Waals surface area contributed by atoms with E-state index in [-0.39, 0.29) is 5.69 Å². The third kappa shape index (κ3) is 8.44. The van der Waals surface area contributed by atoms with Crippen LogP contribution in [0, 0.1) is 10.1 Å². The number of nitrogens with one attached hydrogen (secondary N) is 2. The molecule has 0 saturated heterocycles. The maximum Gasteiger partial charge on any atom is 0.269 e. The predicted octanol–water partition coefficient (Wildman–Crippen LogP) is 3.18. The van der Waals surface area contributed by atoms with E-state index < -0.39 is 4.92 Å². The first kappa shape index (κ1) is 19.3. The van der Waals surface area contributed by atoms with Crippen LogP contribution in [0.15, 0.2) is 29.3 Å². The average Bonchev–Trinajstić information content (AvgIpc) is 2.56. The Morgan fingerprint density at radius 2 is 1.91 bits per heavy atom. The van der Waals surface area contributed by atoms with Crippen LogP contribution in [0.25, 0.3) is 0 Å². The molecule has 7 heteroatoms. The average molecular weight is 338 g/mol. The molecule has 23 heavy (non-hydrogen) atoms. The number of nitro benzene ring substituents is 1. The van der Waals surface area contributed by atoms with Gasteiger partial charge in [-0.2, -0.15) is 11.8 Å². The molecule has 0 aromatic heterocycles. The summed E-state index contributed by atoms with van der Waals surface area (Å²) in [7, 11) is 0. The van der Waals surface area contributed by atoms with Crippen LogP contribution in [0.5, 0.6) is 0 Å². The summed E-state index contributed by atoms with van der Waals surface area (Å²) >= 11 is 1.79. The number of nitro groups is 1. The second kappa shape index (κ2) is 11.8. The molecular formula is C16H26N4O2S. The van der Waals surface area contributed by atoms with E-state index in [9.17, 15) is 10.1 Å². The van der Waals surface area contributed by atoms with E-state index in [1.54, 1.807) is 23.9 Å². The van der Waals surface area contributed by atoms with Crippen LogP contribution in [0.4, 0.5) is 5.69 Å². The number of hydrogen-bond acceptors (Lipinski definition) is 4. The highest BCUT2D eigenvalue weighted by Crippen LogP contribution is 2.12. The Morgan fingerprint density at radius 1 is 1.22 bits per heavy atom. The molecule has 0 aliphatic carbocycles. The smallest absolute Gasteiger partial charge is 0.269 e. The van der Waals surface area contributed by atoms with Crippen molar-refractivity contribution in [1.82, 2.24) is 10.6 Å². The number of guanidine groups is 1. The minimum Gasteiger partial charge on any atom is -0.356 e. The van der Waals surface area contributed by atoms with Crippen LogP contribution < -0.4 is 10.6 Å². The van der Waals surface area contributed by atoms with Crippen LogP contribution >= 0.6 is 11.8 Å². The van der Waals surface area contributed by atoms with Gasteiger partial charge in [0.25, 0.3) is 5.69 Å². The van der Waals surface area contributed by atoms with Gasteiger partial charge in [0.05, 0.1) is 11.5 Å². The van der Waals surface area contributed by atoms with Crippen LogP contribution in [0.1, 0.15) is 31.7 Å². The molecule has 128 valence electrons. The molecule has 0 atom stereocenters. The first-order chi connectivity index (χ1) is 11.2. The van der Waals surface area contributed by atoms with Crippen LogP contribution in [-0.2, 0) is 6.54 Å². The van der Waals surface area contributed by atoms with Crippen molar-refractivity contribution >= 4 is 23.4 Å². The summed E-state index contributed by atoms with van der Waals surface area (Å²) < 4.78 is 0. The molecule has 0 heterocycles. The molecule has 0 unspecified atom stereocenters. The maximum absolute atomic E-state index is 10.7. The van der Waals surface area contributed by atoms with E-state index in [1.165, 1.54) is 25.0 Å². The fourth-order valence-corrected chi connectivity index (χ4v) is 2.23. The molecule has 0 aliphatic rings. The van der Waals surface area contributed by atoms with E-state index in [4.69, 9.17) is 0 Å². The fraction of sp³-hybridized carbons (Fsp3) is 0.562. The van der Waals surface area contributed by atoms with E-state index in [1.807, 2.05) is 0 Å². The standard InChI is InChI=1S/C16H26N4O2S/c1-3-4-5-10-17-16(18-11-12-23-2)19-13-14-6-8-15(9-7-14)20(21)22/h6-9H,3-5,10-13H2,1-2H3,(H2,17,18,19). The molecule has 1 aromatic carbocycles. The van der Waals surface area contributed by atoms with Crippen molar-refractivity contribution in [3.63, 3.8) is 0 Å². The third-order valence-electron chi connectivity index (χ3n) is 3.24. The highest BCUT2D eigenvalue weighted by molar-refractivity contribution is 7.98. The minimum atomic E-state index is -0.391. The first-order valence-corrected chi connectivity index (χ1v) is 9.31. The summed E-state index contributed by atoms with van der Waals surface area (Å²) in [5.41, 5.74) is 1.06. The normalized spacial score (nSPS) is 11.3. The number of aliphatic imine (C=N–C) groups is 1. The summed E-state index contributed by atoms with van der Waals surface area (Å²) in [4.78, 5) is 14.8. The number of unbranched alkanes of at least 4 members (excludes halogenated alkanes) is 2. The zero-order chi connectivity index (χ0) is 16.9. The Hall–Kier alpha value is -1.76. The lowest BCUT2D eigenvalue weighted by Gasteiger charge is -2.12. The van der Waals surface area contributed by atoms with E-state index in [0.717, 1.165) is 36.8 Å². The van der Waals surface area contributed by atoms with Gasteiger partial charge in [0.2, 0.25) is 0 Å². The molecule has 0 aliphatic heterocycles. The molecule has 0 radical (unpaired) electrons. The van der Waals surface area contributed by atoms with E-state index in [0.29, 0.717) is 6.54 Å². The Kier molecular flexibility index (Phi) is 9.86. The number of hydrogen-bond donors (Lipinski definition) is 2. The van der Waals surface area contributed by atoms with E-state index in [2.05, 4.69) is 28.8 Å². The lowest BCUT2D eigenvalue weighted by molar-refractivity contribution is -0.384. The SMILES string of the molecule is CCCCCNC(=NCc1ccc([N+](=O)[O-])cc1)NCCSC. The first-order valence-electron chi connectivity index (χ1n) is 7.91. The Bertz CT molecular complexity index is 491. The van der Waals surface area contributed by atoms with Gasteiger partial charge in [-0.25, -0.2) is 4.99 Å². The number of thioether (sulfide) groups is 1. The second-order valence-corrected chi connectivity index (χ2v) is 6.13. The number of benzene rings is 1. The van der Waals surface area contributed by atoms with Crippen molar-refractivity contribution in [2.45, 2.75) is 32.7 Å². The van der Waals surface area contributed by atoms with Crippen molar-refractivity contribution in [1.29, 1.82) is 0 Å². The molecule has 0 spiro atoms. The number of non-ortho nitro benzene ring substituents is 1. The van der Waals surface area contributed by atoms with Crippen molar-refractivity contribution in [3.8, 4) is 0 Å². The highest BCUT2D eigenvalue weighted by Gasteiger charge is 2.04. The molecule has 2 N–H and O–H groups in total. The van der Waals surface area contributed by atoms with Gasteiger partial charge in [-0.05, 0) is 18.2 Å². The van der Waals surface area contributed by atoms with Gasteiger partial charge in [0.1, 0.15) is 0 Å². The number of nitrogens with zero attached hydrogens (tertiary/aromatic N) is 2. The van der Waals surface area contributed by atoms with Gasteiger partial charge in [0, 0.05) is 31.0 Å².